The minimum Gasteiger partial charge on any atom is -0.506 e. The van der Waals surface area contributed by atoms with Crippen molar-refractivity contribution >= 4 is 82.8 Å². The number of hydrogen-bond donors (Lipinski definition) is 4. The van der Waals surface area contributed by atoms with Gasteiger partial charge < -0.3 is 67.8 Å². The zero-order valence-electron chi connectivity index (χ0n) is 35.0. The first-order valence-electron chi connectivity index (χ1n) is 18.6. The van der Waals surface area contributed by atoms with Crippen LogP contribution in [0.5, 0.6) is 11.5 Å². The Kier molecular flexibility index (Phi) is 16.6. The third-order valence-corrected chi connectivity index (χ3v) is 11.5. The predicted octanol–water partition coefficient (Wildman–Crippen LogP) is 1.15. The summed E-state index contributed by atoms with van der Waals surface area (Å²) in [6, 6.07) is 0. The number of phenols is 2. The van der Waals surface area contributed by atoms with E-state index in [1.165, 1.54) is 0 Å². The maximum absolute atomic E-state index is 13.5. The van der Waals surface area contributed by atoms with Crippen LogP contribution >= 0.6 is 23.5 Å². The zero-order chi connectivity index (χ0) is 48.1. The van der Waals surface area contributed by atoms with Crippen LogP contribution in [0.3, 0.4) is 0 Å². The molecule has 1 aromatic rings. The number of aliphatic hydroxyl groups excluding tert-OH is 2. The normalized spacial score (nSPS) is 26.4. The first-order valence-corrected chi connectivity index (χ1v) is 20.4. The Bertz CT molecular complexity index is 2000. The number of phenolic OH excluding ortho intramolecular Hbond substituents is 2. The number of carbonyl (C=O) groups is 10. The monoisotopic (exact) mass is 946 g/mol. The van der Waals surface area contributed by atoms with E-state index in [0.717, 1.165) is 55.4 Å². The van der Waals surface area contributed by atoms with E-state index in [1.807, 2.05) is 0 Å². The van der Waals surface area contributed by atoms with Crippen LogP contribution in [-0.2, 0) is 85.7 Å². The number of allylic oxidation sites excluding steroid dienone is 2. The predicted molar refractivity (Wildman–Crippen MR) is 206 cm³/mol. The van der Waals surface area contributed by atoms with Crippen molar-refractivity contribution < 1.29 is 116 Å². The van der Waals surface area contributed by atoms with Crippen LogP contribution in [0.1, 0.15) is 76.1 Å². The van der Waals surface area contributed by atoms with Gasteiger partial charge in [-0.1, -0.05) is 23.5 Å². The molecule has 1 aliphatic carbocycles. The lowest BCUT2D eigenvalue weighted by Crippen LogP contribution is -2.61. The van der Waals surface area contributed by atoms with E-state index in [4.69, 9.17) is 47.4 Å². The molecule has 10 atom stereocenters. The van der Waals surface area contributed by atoms with Gasteiger partial charge in [-0.15, -0.1) is 0 Å². The van der Waals surface area contributed by atoms with Crippen molar-refractivity contribution in [3.8, 4) is 11.5 Å². The van der Waals surface area contributed by atoms with Crippen LogP contribution in [0.2, 0.25) is 0 Å². The molecule has 4 rings (SSSR count). The van der Waals surface area contributed by atoms with E-state index in [1.54, 1.807) is 0 Å². The van der Waals surface area contributed by atoms with Crippen molar-refractivity contribution in [1.29, 1.82) is 0 Å². The molecule has 3 aliphatic rings. The van der Waals surface area contributed by atoms with E-state index in [0.29, 0.717) is 0 Å². The number of aliphatic hydroxyl groups is 2. The highest BCUT2D eigenvalue weighted by atomic mass is 32.2. The highest BCUT2D eigenvalue weighted by molar-refractivity contribution is 8.03. The third kappa shape index (κ3) is 11.7. The molecule has 0 amide bonds. The highest BCUT2D eigenvalue weighted by Crippen LogP contribution is 2.54. The molecule has 1 aromatic carbocycles. The van der Waals surface area contributed by atoms with Crippen molar-refractivity contribution in [2.75, 3.05) is 13.2 Å². The number of ketones is 2. The van der Waals surface area contributed by atoms with Crippen molar-refractivity contribution in [1.82, 2.24) is 0 Å². The summed E-state index contributed by atoms with van der Waals surface area (Å²) in [5.41, 5.74) is -5.80. The van der Waals surface area contributed by atoms with E-state index < -0.39 is 176 Å². The second kappa shape index (κ2) is 21.0. The van der Waals surface area contributed by atoms with Gasteiger partial charge in [0.1, 0.15) is 47.8 Å². The van der Waals surface area contributed by atoms with Gasteiger partial charge in [0.05, 0.1) is 20.9 Å². The van der Waals surface area contributed by atoms with E-state index in [-0.39, 0.29) is 23.5 Å². The Hall–Kier alpha value is -6.12. The molecular formula is C38H42O24S2. The molecule has 24 nitrogen and oxygen atoms in total. The Morgan fingerprint density at radius 2 is 0.703 bits per heavy atom. The number of carbonyl (C=O) groups excluding carboxylic acids is 10. The average molecular weight is 947 g/mol. The first kappa shape index (κ1) is 50.5. The number of fused-ring (bicyclic) bond motifs is 1. The van der Waals surface area contributed by atoms with E-state index >= 15 is 0 Å². The molecular weight excluding hydrogens is 905 g/mol. The summed E-state index contributed by atoms with van der Waals surface area (Å²) in [5, 5.41) is 44.8. The van der Waals surface area contributed by atoms with E-state index in [2.05, 4.69) is 0 Å². The van der Waals surface area contributed by atoms with Crippen molar-refractivity contribution in [3.63, 3.8) is 0 Å². The fourth-order valence-corrected chi connectivity index (χ4v) is 9.26. The lowest BCUT2D eigenvalue weighted by molar-refractivity contribution is -0.237. The zero-order valence-corrected chi connectivity index (χ0v) is 36.6. The lowest BCUT2D eigenvalue weighted by Gasteiger charge is -2.45. The van der Waals surface area contributed by atoms with Gasteiger partial charge in [-0.3, -0.25) is 47.9 Å². The van der Waals surface area contributed by atoms with Gasteiger partial charge in [0.25, 0.3) is 0 Å². The molecule has 4 N–H and O–H groups in total. The number of Topliss-reactive ketones (excluding diaryl/α,β-unsaturated/α-hetero) is 2. The lowest BCUT2D eigenvalue weighted by atomic mass is 9.90. The van der Waals surface area contributed by atoms with Gasteiger partial charge in [0, 0.05) is 55.4 Å². The SMILES string of the molecule is CC(=O)OCC1O[C@@H](Sc2c(O)c3c(c(O)c2S[C@@H]2OC(COC(C)=O)[C@@H](OC(C)=O)C(OC(C)=O)C2OC(C)=O)C(=O)C(O)=C(O)C3=O)C(OC(C)=O)C(OC(C)=O)[C@@H]1OC(C)=O. The van der Waals surface area contributed by atoms with Crippen molar-refractivity contribution in [2.24, 2.45) is 0 Å². The Morgan fingerprint density at radius 3 is 0.969 bits per heavy atom. The summed E-state index contributed by atoms with van der Waals surface area (Å²) in [7, 11) is 0. The number of esters is 8. The van der Waals surface area contributed by atoms with Crippen LogP contribution in [0.25, 0.3) is 0 Å². The van der Waals surface area contributed by atoms with Crippen LogP contribution in [0.15, 0.2) is 21.3 Å². The number of ether oxygens (including phenoxy) is 10. The maximum Gasteiger partial charge on any atom is 0.303 e. The third-order valence-electron chi connectivity index (χ3n) is 8.83. The number of rotatable bonds is 14. The fraction of sp³-hybridized carbons (Fsp3) is 0.526. The standard InChI is InChI=1S/C38H42O24S2/c1-11(39)53-9-19-29(55-13(3)41)31(57-15(5)43)33(59-17(7)45)37(61-19)63-35-25(49)21-22(24(48)28(52)27(51)23(21)47)26(50)36(35)64-38-34(60-18(8)46)32(58-16(6)44)30(56-14(4)42)20(62-38)10-54-12(2)40/h19-20,29-34,37-38,49-52H,9-10H2,1-8H3/t19?,20?,29-,30-,31?,32?,33?,34?,37+,38+/m1/s1. The quantitative estimate of drug-likeness (QED) is 0.115. The summed E-state index contributed by atoms with van der Waals surface area (Å²) in [6.45, 7) is 6.31. The molecule has 2 heterocycles. The molecule has 350 valence electrons. The second-order valence-electron chi connectivity index (χ2n) is 13.8. The van der Waals surface area contributed by atoms with Gasteiger partial charge in [0.15, 0.2) is 36.6 Å². The molecule has 0 bridgehead atoms. The van der Waals surface area contributed by atoms with Gasteiger partial charge in [-0.25, -0.2) is 0 Å². The molecule has 2 saturated heterocycles. The number of benzene rings is 1. The van der Waals surface area contributed by atoms with E-state index in [9.17, 15) is 68.4 Å². The van der Waals surface area contributed by atoms with Crippen LogP contribution in [-0.4, -0.2) is 153 Å². The fourth-order valence-electron chi connectivity index (χ4n) is 6.59. The molecule has 26 heteroatoms. The Labute approximate surface area is 370 Å². The maximum atomic E-state index is 13.5. The van der Waals surface area contributed by atoms with Gasteiger partial charge >= 0.3 is 47.8 Å². The Morgan fingerprint density at radius 1 is 0.438 bits per heavy atom. The topological polar surface area (TPSA) is 344 Å². The smallest absolute Gasteiger partial charge is 0.303 e. The summed E-state index contributed by atoms with van der Waals surface area (Å²) in [6.07, 6.45) is -13.7. The molecule has 64 heavy (non-hydrogen) atoms. The molecule has 0 radical (unpaired) electrons. The number of thioether (sulfide) groups is 2. The summed E-state index contributed by atoms with van der Waals surface area (Å²) in [5.74, 6) is -16.5. The molecule has 0 spiro atoms. The summed E-state index contributed by atoms with van der Waals surface area (Å²) in [4.78, 5) is 124. The van der Waals surface area contributed by atoms with Gasteiger partial charge in [-0.2, -0.15) is 0 Å². The molecule has 6 unspecified atom stereocenters. The van der Waals surface area contributed by atoms with Gasteiger partial charge in [-0.05, 0) is 0 Å². The van der Waals surface area contributed by atoms with Crippen molar-refractivity contribution in [2.45, 2.75) is 125 Å². The minimum absolute atomic E-state index is 0.275. The largest absolute Gasteiger partial charge is 0.506 e. The summed E-state index contributed by atoms with van der Waals surface area (Å²) < 4.78 is 55.2. The molecule has 2 fully saturated rings. The minimum atomic E-state index is -1.85. The Balaban J connectivity index is 2.04. The summed E-state index contributed by atoms with van der Waals surface area (Å²) >= 11 is 0.551. The first-order chi connectivity index (χ1) is 29.8. The molecule has 0 saturated carbocycles. The average Bonchev–Trinajstić information content (AvgIpc) is 3.17. The van der Waals surface area contributed by atoms with Crippen LogP contribution in [0.4, 0.5) is 0 Å². The van der Waals surface area contributed by atoms with Crippen LogP contribution < -0.4 is 0 Å². The van der Waals surface area contributed by atoms with Gasteiger partial charge in [0.2, 0.25) is 23.1 Å². The number of aromatic hydroxyl groups is 2. The number of hydrogen-bond acceptors (Lipinski definition) is 26. The van der Waals surface area contributed by atoms with Crippen molar-refractivity contribution in [3.05, 3.63) is 22.6 Å². The molecule has 0 aromatic heterocycles. The molecule has 2 aliphatic heterocycles. The highest BCUT2D eigenvalue weighted by Gasteiger charge is 2.55. The second-order valence-corrected chi connectivity index (χ2v) is 16.0. The van der Waals surface area contributed by atoms with Crippen LogP contribution in [0, 0.1) is 0 Å².